The number of benzene rings is 2. The lowest BCUT2D eigenvalue weighted by Gasteiger charge is -2.14. The van der Waals surface area contributed by atoms with Crippen LogP contribution in [0.25, 0.3) is 11.8 Å². The van der Waals surface area contributed by atoms with Gasteiger partial charge in [0.15, 0.2) is 5.17 Å². The molecule has 4 aromatic rings. The monoisotopic (exact) mass is 471 g/mol. The largest absolute Gasteiger partial charge is 0.508 e. The number of hydrogen-bond acceptors (Lipinski definition) is 6. The maximum absolute atomic E-state index is 13.4. The fourth-order valence-corrected chi connectivity index (χ4v) is 4.53. The molecule has 0 atom stereocenters. The summed E-state index contributed by atoms with van der Waals surface area (Å²) in [4.78, 5) is 20.3. The lowest BCUT2D eigenvalue weighted by atomic mass is 10.3. The molecule has 1 aliphatic rings. The standard InChI is InChI=1S/C26H21N3O4S/c1-32-22-12-6-18(7-13-22)27-26-29(17-23-5-3-15-33-23)25(31)24(34-26)16-20-4-2-14-28(20)19-8-10-21(30)11-9-19/h2-16,30H,17H2,1H3/b24-16-,27-26?. The molecule has 2 aromatic carbocycles. The number of hydrogen-bond donors (Lipinski definition) is 1. The van der Waals surface area contributed by atoms with Crippen LogP contribution >= 0.6 is 11.8 Å². The number of phenolic OH excluding ortho intramolecular Hbond substituents is 1. The van der Waals surface area contributed by atoms with Crippen LogP contribution in [0.2, 0.25) is 0 Å². The number of nitrogens with zero attached hydrogens (tertiary/aromatic N) is 3. The highest BCUT2D eigenvalue weighted by Crippen LogP contribution is 2.36. The predicted molar refractivity (Wildman–Crippen MR) is 132 cm³/mol. The van der Waals surface area contributed by atoms with E-state index in [0.29, 0.717) is 21.5 Å². The van der Waals surface area contributed by atoms with Gasteiger partial charge in [-0.15, -0.1) is 0 Å². The summed E-state index contributed by atoms with van der Waals surface area (Å²) in [6.07, 6.45) is 5.35. The van der Waals surface area contributed by atoms with Gasteiger partial charge in [-0.1, -0.05) is 0 Å². The molecule has 8 heteroatoms. The summed E-state index contributed by atoms with van der Waals surface area (Å²) in [7, 11) is 1.61. The quantitative estimate of drug-likeness (QED) is 0.371. The van der Waals surface area contributed by atoms with E-state index in [1.54, 1.807) is 36.5 Å². The minimum Gasteiger partial charge on any atom is -0.508 e. The van der Waals surface area contributed by atoms with Crippen LogP contribution in [0.1, 0.15) is 11.5 Å². The van der Waals surface area contributed by atoms with Gasteiger partial charge in [0.05, 0.1) is 30.5 Å². The highest BCUT2D eigenvalue weighted by molar-refractivity contribution is 8.18. The smallest absolute Gasteiger partial charge is 0.267 e. The zero-order valence-corrected chi connectivity index (χ0v) is 19.1. The third-order valence-electron chi connectivity index (χ3n) is 5.27. The van der Waals surface area contributed by atoms with Crippen molar-refractivity contribution in [3.05, 3.63) is 102 Å². The van der Waals surface area contributed by atoms with Crippen molar-refractivity contribution in [2.75, 3.05) is 7.11 Å². The van der Waals surface area contributed by atoms with Crippen LogP contribution in [-0.2, 0) is 11.3 Å². The number of aromatic hydroxyl groups is 1. The number of rotatable bonds is 6. The minimum absolute atomic E-state index is 0.146. The summed E-state index contributed by atoms with van der Waals surface area (Å²) in [5, 5.41) is 10.2. The van der Waals surface area contributed by atoms with Crippen molar-refractivity contribution < 1.29 is 19.1 Å². The number of phenols is 1. The molecule has 0 radical (unpaired) electrons. The molecule has 1 aliphatic heterocycles. The Morgan fingerprint density at radius 1 is 1.06 bits per heavy atom. The summed E-state index contributed by atoms with van der Waals surface area (Å²) >= 11 is 1.32. The van der Waals surface area contributed by atoms with Crippen LogP contribution in [0.5, 0.6) is 11.5 Å². The number of carbonyl (C=O) groups excluding carboxylic acids is 1. The molecule has 0 spiro atoms. The number of aromatic nitrogens is 1. The minimum atomic E-state index is -0.146. The molecule has 1 saturated heterocycles. The first-order chi connectivity index (χ1) is 16.6. The highest BCUT2D eigenvalue weighted by atomic mass is 32.2. The van der Waals surface area contributed by atoms with E-state index in [2.05, 4.69) is 0 Å². The molecule has 1 fully saturated rings. The van der Waals surface area contributed by atoms with Crippen molar-refractivity contribution in [3.63, 3.8) is 0 Å². The Morgan fingerprint density at radius 2 is 1.85 bits per heavy atom. The molecule has 0 saturated carbocycles. The van der Waals surface area contributed by atoms with E-state index in [1.807, 2.05) is 71.4 Å². The molecule has 0 bridgehead atoms. The second kappa shape index (κ2) is 9.36. The summed E-state index contributed by atoms with van der Waals surface area (Å²) in [6.45, 7) is 0.282. The average molecular weight is 472 g/mol. The molecule has 0 unspecified atom stereocenters. The second-order valence-electron chi connectivity index (χ2n) is 7.49. The average Bonchev–Trinajstić information content (AvgIpc) is 3.59. The Hall–Kier alpha value is -4.17. The van der Waals surface area contributed by atoms with Crippen LogP contribution in [0.3, 0.4) is 0 Å². The summed E-state index contributed by atoms with van der Waals surface area (Å²) < 4.78 is 12.7. The zero-order valence-electron chi connectivity index (χ0n) is 18.3. The fourth-order valence-electron chi connectivity index (χ4n) is 3.55. The number of amidine groups is 1. The molecule has 5 rings (SSSR count). The van der Waals surface area contributed by atoms with E-state index in [9.17, 15) is 9.90 Å². The Kier molecular flexibility index (Phi) is 5.97. The predicted octanol–water partition coefficient (Wildman–Crippen LogP) is 5.59. The number of furan rings is 1. The van der Waals surface area contributed by atoms with Gasteiger partial charge in [0.25, 0.3) is 5.91 Å². The fraction of sp³-hybridized carbons (Fsp3) is 0.0769. The first kappa shape index (κ1) is 21.7. The van der Waals surface area contributed by atoms with Crippen molar-refractivity contribution in [2.45, 2.75) is 6.54 Å². The van der Waals surface area contributed by atoms with Gasteiger partial charge in [0.2, 0.25) is 0 Å². The maximum Gasteiger partial charge on any atom is 0.267 e. The van der Waals surface area contributed by atoms with Crippen molar-refractivity contribution in [2.24, 2.45) is 4.99 Å². The van der Waals surface area contributed by atoms with Crippen LogP contribution in [0.4, 0.5) is 5.69 Å². The Morgan fingerprint density at radius 3 is 2.56 bits per heavy atom. The van der Waals surface area contributed by atoms with Crippen molar-refractivity contribution in [3.8, 4) is 17.2 Å². The van der Waals surface area contributed by atoms with Crippen molar-refractivity contribution in [1.82, 2.24) is 9.47 Å². The third-order valence-corrected chi connectivity index (χ3v) is 6.27. The number of carbonyl (C=O) groups is 1. The van der Waals surface area contributed by atoms with Gasteiger partial charge in [-0.2, -0.15) is 0 Å². The summed E-state index contributed by atoms with van der Waals surface area (Å²) in [5.41, 5.74) is 2.43. The van der Waals surface area contributed by atoms with Gasteiger partial charge < -0.3 is 18.8 Å². The van der Waals surface area contributed by atoms with Crippen LogP contribution in [-0.4, -0.2) is 32.8 Å². The van der Waals surface area contributed by atoms with E-state index in [0.717, 1.165) is 17.1 Å². The van der Waals surface area contributed by atoms with Gasteiger partial charge in [0, 0.05) is 17.6 Å². The number of thioether (sulfide) groups is 1. The van der Waals surface area contributed by atoms with E-state index >= 15 is 0 Å². The first-order valence-electron chi connectivity index (χ1n) is 10.5. The van der Waals surface area contributed by atoms with E-state index in [4.69, 9.17) is 14.1 Å². The van der Waals surface area contributed by atoms with E-state index in [1.165, 1.54) is 11.8 Å². The molecule has 1 N–H and O–H groups in total. The molecule has 1 amide bonds. The van der Waals surface area contributed by atoms with Crippen molar-refractivity contribution in [1.29, 1.82) is 0 Å². The highest BCUT2D eigenvalue weighted by Gasteiger charge is 2.34. The molecule has 170 valence electrons. The lowest BCUT2D eigenvalue weighted by Crippen LogP contribution is -2.28. The van der Waals surface area contributed by atoms with Crippen LogP contribution < -0.4 is 4.74 Å². The van der Waals surface area contributed by atoms with E-state index in [-0.39, 0.29) is 18.2 Å². The van der Waals surface area contributed by atoms with Crippen molar-refractivity contribution >= 4 is 34.6 Å². The van der Waals surface area contributed by atoms with Gasteiger partial charge in [0.1, 0.15) is 17.3 Å². The van der Waals surface area contributed by atoms with Gasteiger partial charge in [-0.3, -0.25) is 9.69 Å². The normalized spacial score (nSPS) is 16.0. The maximum atomic E-state index is 13.4. The molecular formula is C26H21N3O4S. The van der Waals surface area contributed by atoms with Gasteiger partial charge in [-0.25, -0.2) is 4.99 Å². The SMILES string of the molecule is COc1ccc(N=C2S/C(=C\c3cccn3-c3ccc(O)cc3)C(=O)N2Cc2ccco2)cc1. The molecule has 0 aliphatic carbocycles. The first-order valence-corrected chi connectivity index (χ1v) is 11.4. The van der Waals surface area contributed by atoms with Crippen LogP contribution in [0, 0.1) is 0 Å². The Balaban J connectivity index is 1.49. The van der Waals surface area contributed by atoms with Gasteiger partial charge >= 0.3 is 0 Å². The second-order valence-corrected chi connectivity index (χ2v) is 8.50. The third kappa shape index (κ3) is 4.49. The molecular weight excluding hydrogens is 450 g/mol. The van der Waals surface area contributed by atoms with E-state index < -0.39 is 0 Å². The molecule has 34 heavy (non-hydrogen) atoms. The summed E-state index contributed by atoms with van der Waals surface area (Å²) in [5.74, 6) is 1.46. The number of aliphatic imine (C=N–C) groups is 1. The summed E-state index contributed by atoms with van der Waals surface area (Å²) in [6, 6.07) is 21.7. The number of ether oxygens (including phenoxy) is 1. The Labute approximate surface area is 200 Å². The lowest BCUT2D eigenvalue weighted by molar-refractivity contribution is -0.122. The molecule has 2 aromatic heterocycles. The number of amides is 1. The molecule has 3 heterocycles. The zero-order chi connectivity index (χ0) is 23.5. The topological polar surface area (TPSA) is 80.2 Å². The van der Waals surface area contributed by atoms with Crippen LogP contribution in [0.15, 0.2) is 99.6 Å². The molecule has 7 nitrogen and oxygen atoms in total. The number of methoxy groups -OCH3 is 1. The van der Waals surface area contributed by atoms with Gasteiger partial charge in [-0.05, 0) is 90.6 Å². The Bertz CT molecular complexity index is 1350.